The van der Waals surface area contributed by atoms with Crippen molar-refractivity contribution in [3.05, 3.63) is 144 Å². The van der Waals surface area contributed by atoms with Gasteiger partial charge in [-0.25, -0.2) is 0 Å². The van der Waals surface area contributed by atoms with Crippen molar-refractivity contribution < 1.29 is 0 Å². The second-order valence-electron chi connectivity index (χ2n) is 11.2. The number of hydrogen-bond acceptors (Lipinski definition) is 2. The molecule has 0 bridgehead atoms. The molecular weight excluding hydrogens is 543 g/mol. The molecule has 0 saturated carbocycles. The van der Waals surface area contributed by atoms with Crippen LogP contribution in [0.2, 0.25) is 0 Å². The number of nitrogens with one attached hydrogen (secondary N) is 1. The van der Waals surface area contributed by atoms with Gasteiger partial charge in [0.25, 0.3) is 0 Å². The third kappa shape index (κ3) is 9.18. The summed E-state index contributed by atoms with van der Waals surface area (Å²) in [5.74, 6) is 0.721. The van der Waals surface area contributed by atoms with Gasteiger partial charge in [0.1, 0.15) is 0 Å². The van der Waals surface area contributed by atoms with Gasteiger partial charge in [-0.1, -0.05) is 121 Å². The van der Waals surface area contributed by atoms with Crippen LogP contribution in [0.3, 0.4) is 0 Å². The molecule has 0 spiro atoms. The Labute approximate surface area is 260 Å². The van der Waals surface area contributed by atoms with Crippen LogP contribution < -0.4 is 5.32 Å². The Balaban J connectivity index is 0.00000231. The van der Waals surface area contributed by atoms with Gasteiger partial charge >= 0.3 is 0 Å². The molecule has 41 heavy (non-hydrogen) atoms. The molecule has 2 nitrogen and oxygen atoms in total. The lowest BCUT2D eigenvalue weighted by atomic mass is 9.68. The number of nitrogens with zero attached hydrogens (tertiary/aromatic N) is 1. The molecule has 0 atom stereocenters. The second kappa shape index (κ2) is 17.4. The van der Waals surface area contributed by atoms with E-state index in [1.165, 1.54) is 67.6 Å². The highest BCUT2D eigenvalue weighted by atomic mass is 35.5. The van der Waals surface area contributed by atoms with E-state index in [2.05, 4.69) is 132 Å². The average Bonchev–Trinajstić information content (AvgIpc) is 3.02. The summed E-state index contributed by atoms with van der Waals surface area (Å²) in [6.45, 7) is 5.58. The summed E-state index contributed by atoms with van der Waals surface area (Å²) in [4.78, 5) is 2.71. The summed E-state index contributed by atoms with van der Waals surface area (Å²) in [5.41, 5.74) is 5.83. The first kappa shape index (κ1) is 32.9. The van der Waals surface area contributed by atoms with Gasteiger partial charge in [-0.05, 0) is 92.9 Å². The number of rotatable bonds is 13. The zero-order chi connectivity index (χ0) is 26.6. The van der Waals surface area contributed by atoms with E-state index in [0.29, 0.717) is 0 Å². The highest BCUT2D eigenvalue weighted by molar-refractivity contribution is 5.85. The number of hydrogen-bond donors (Lipinski definition) is 1. The number of likely N-dealkylation sites (tertiary alicyclic amines) is 1. The SMILES string of the molecule is Cl.Cl.c1ccc(CNCCCC(CCCN2CCC(c3ccccc3)CC2)(c2ccccc2)c2ccccc2)cc1. The molecule has 1 N–H and O–H groups in total. The normalized spacial score (nSPS) is 14.1. The molecule has 0 aromatic heterocycles. The van der Waals surface area contributed by atoms with Crippen LogP contribution in [0.4, 0.5) is 0 Å². The third-order valence-corrected chi connectivity index (χ3v) is 8.72. The largest absolute Gasteiger partial charge is 0.313 e. The van der Waals surface area contributed by atoms with Crippen molar-refractivity contribution in [2.45, 2.75) is 56.4 Å². The van der Waals surface area contributed by atoms with Gasteiger partial charge in [-0.15, -0.1) is 24.8 Å². The Hall–Kier alpha value is -2.62. The van der Waals surface area contributed by atoms with Crippen molar-refractivity contribution >= 4 is 24.8 Å². The molecule has 1 saturated heterocycles. The third-order valence-electron chi connectivity index (χ3n) is 8.72. The Morgan fingerprint density at radius 3 is 1.66 bits per heavy atom. The standard InChI is InChI=1S/C37H44N2.2ClH/c1-5-15-32(16-6-1)31-38-27-13-25-37(35-19-9-3-10-20-35,36-21-11-4-12-22-36)26-14-28-39-29-23-34(24-30-39)33-17-7-2-8-18-33;;/h1-12,15-22,34,38H,13-14,23-31H2;2*1H. The molecular formula is C37H46Cl2N2. The second-order valence-corrected chi connectivity index (χ2v) is 11.2. The number of piperidine rings is 1. The minimum atomic E-state index is 0. The van der Waals surface area contributed by atoms with Crippen LogP contribution in [-0.2, 0) is 12.0 Å². The Kier molecular flexibility index (Phi) is 13.9. The van der Waals surface area contributed by atoms with E-state index in [4.69, 9.17) is 0 Å². The van der Waals surface area contributed by atoms with Crippen LogP contribution >= 0.6 is 24.8 Å². The van der Waals surface area contributed by atoms with Gasteiger partial charge in [-0.3, -0.25) is 0 Å². The summed E-state index contributed by atoms with van der Waals surface area (Å²) in [7, 11) is 0. The lowest BCUT2D eigenvalue weighted by Gasteiger charge is -2.37. The Morgan fingerprint density at radius 1 is 0.610 bits per heavy atom. The first-order chi connectivity index (χ1) is 19.3. The van der Waals surface area contributed by atoms with Crippen LogP contribution in [0.15, 0.2) is 121 Å². The fourth-order valence-electron chi connectivity index (χ4n) is 6.55. The smallest absolute Gasteiger partial charge is 0.0205 e. The van der Waals surface area contributed by atoms with Crippen LogP contribution in [0, 0.1) is 0 Å². The van der Waals surface area contributed by atoms with Crippen molar-refractivity contribution in [2.75, 3.05) is 26.2 Å². The summed E-state index contributed by atoms with van der Waals surface area (Å²) < 4.78 is 0. The van der Waals surface area contributed by atoms with Crippen molar-refractivity contribution in [1.29, 1.82) is 0 Å². The average molecular weight is 590 g/mol. The van der Waals surface area contributed by atoms with Crippen LogP contribution in [-0.4, -0.2) is 31.1 Å². The number of halogens is 2. The molecule has 4 aromatic carbocycles. The van der Waals surface area contributed by atoms with Crippen molar-refractivity contribution in [3.8, 4) is 0 Å². The van der Waals surface area contributed by atoms with Crippen LogP contribution in [0.5, 0.6) is 0 Å². The zero-order valence-corrected chi connectivity index (χ0v) is 25.8. The van der Waals surface area contributed by atoms with E-state index in [1.54, 1.807) is 0 Å². The molecule has 4 aromatic rings. The van der Waals surface area contributed by atoms with Crippen LogP contribution in [0.25, 0.3) is 0 Å². The molecule has 0 radical (unpaired) electrons. The van der Waals surface area contributed by atoms with E-state index < -0.39 is 0 Å². The van der Waals surface area contributed by atoms with Crippen molar-refractivity contribution in [1.82, 2.24) is 10.2 Å². The molecule has 5 rings (SSSR count). The number of benzene rings is 4. The molecule has 0 unspecified atom stereocenters. The summed E-state index contributed by atoms with van der Waals surface area (Å²) >= 11 is 0. The van der Waals surface area contributed by atoms with E-state index in [1.807, 2.05) is 0 Å². The molecule has 1 aliphatic heterocycles. The minimum Gasteiger partial charge on any atom is -0.313 e. The molecule has 1 aliphatic rings. The predicted molar refractivity (Wildman–Crippen MR) is 180 cm³/mol. The maximum atomic E-state index is 3.69. The quantitative estimate of drug-likeness (QED) is 0.157. The fourth-order valence-corrected chi connectivity index (χ4v) is 6.55. The zero-order valence-electron chi connectivity index (χ0n) is 24.2. The Morgan fingerprint density at radius 2 is 1.10 bits per heavy atom. The van der Waals surface area contributed by atoms with Gasteiger partial charge in [-0.2, -0.15) is 0 Å². The van der Waals surface area contributed by atoms with E-state index in [-0.39, 0.29) is 30.2 Å². The molecule has 218 valence electrons. The van der Waals surface area contributed by atoms with Gasteiger partial charge in [0.05, 0.1) is 0 Å². The first-order valence-corrected chi connectivity index (χ1v) is 15.0. The lowest BCUT2D eigenvalue weighted by Crippen LogP contribution is -2.35. The summed E-state index contributed by atoms with van der Waals surface area (Å²) in [6, 6.07) is 44.5. The summed E-state index contributed by atoms with van der Waals surface area (Å²) in [5, 5.41) is 3.69. The fraction of sp³-hybridized carbons (Fsp3) is 0.351. The topological polar surface area (TPSA) is 15.3 Å². The highest BCUT2D eigenvalue weighted by Crippen LogP contribution is 2.41. The molecule has 0 aliphatic carbocycles. The summed E-state index contributed by atoms with van der Waals surface area (Å²) in [6.07, 6.45) is 7.26. The first-order valence-electron chi connectivity index (χ1n) is 15.0. The predicted octanol–water partition coefficient (Wildman–Crippen LogP) is 9.05. The highest BCUT2D eigenvalue weighted by Gasteiger charge is 2.33. The Bertz CT molecular complexity index is 1170. The van der Waals surface area contributed by atoms with Gasteiger partial charge in [0.2, 0.25) is 0 Å². The molecule has 1 fully saturated rings. The lowest BCUT2D eigenvalue weighted by molar-refractivity contribution is 0.203. The van der Waals surface area contributed by atoms with Crippen molar-refractivity contribution in [3.63, 3.8) is 0 Å². The molecule has 1 heterocycles. The van der Waals surface area contributed by atoms with Gasteiger partial charge in [0, 0.05) is 12.0 Å². The van der Waals surface area contributed by atoms with Crippen LogP contribution in [0.1, 0.15) is 66.7 Å². The monoisotopic (exact) mass is 588 g/mol. The molecule has 0 amide bonds. The maximum Gasteiger partial charge on any atom is 0.0205 e. The van der Waals surface area contributed by atoms with E-state index >= 15 is 0 Å². The van der Waals surface area contributed by atoms with E-state index in [0.717, 1.165) is 31.8 Å². The van der Waals surface area contributed by atoms with Crippen molar-refractivity contribution in [2.24, 2.45) is 0 Å². The maximum absolute atomic E-state index is 3.69. The van der Waals surface area contributed by atoms with E-state index in [9.17, 15) is 0 Å². The van der Waals surface area contributed by atoms with Gasteiger partial charge < -0.3 is 10.2 Å². The van der Waals surface area contributed by atoms with Gasteiger partial charge in [0.15, 0.2) is 0 Å². The molecule has 4 heteroatoms. The minimum absolute atomic E-state index is 0.